The first-order chi connectivity index (χ1) is 8.09. The number of anilines is 1. The van der Waals surface area contributed by atoms with Crippen LogP contribution in [0.4, 0.5) is 5.69 Å². The van der Waals surface area contributed by atoms with Gasteiger partial charge in [0.25, 0.3) is 0 Å². The number of carbonyl (C=O) groups is 2. The first kappa shape index (κ1) is 12.1. The van der Waals surface area contributed by atoms with Crippen LogP contribution in [-0.4, -0.2) is 36.1 Å². The van der Waals surface area contributed by atoms with Crippen molar-refractivity contribution in [3.8, 4) is 0 Å². The Bertz CT molecular complexity index is 464. The molecule has 0 bridgehead atoms. The van der Waals surface area contributed by atoms with Crippen molar-refractivity contribution >= 4 is 33.5 Å². The van der Waals surface area contributed by atoms with Gasteiger partial charge in [-0.3, -0.25) is 14.9 Å². The molecule has 0 aliphatic carbocycles. The van der Waals surface area contributed by atoms with Gasteiger partial charge in [-0.05, 0) is 28.1 Å². The van der Waals surface area contributed by atoms with E-state index in [-0.39, 0.29) is 19.0 Å². The average Bonchev–Trinajstić information content (AvgIpc) is 2.30. The van der Waals surface area contributed by atoms with E-state index in [1.54, 1.807) is 6.07 Å². The van der Waals surface area contributed by atoms with Gasteiger partial charge in [0.1, 0.15) is 6.04 Å². The maximum Gasteiger partial charge on any atom is 0.322 e. The van der Waals surface area contributed by atoms with Gasteiger partial charge in [0.05, 0.1) is 18.8 Å². The number of nitrogens with one attached hydrogen (secondary N) is 1. The molecule has 1 saturated heterocycles. The molecular weight excluding hydrogens is 288 g/mol. The maximum atomic E-state index is 11.8. The van der Waals surface area contributed by atoms with Crippen LogP contribution in [0.5, 0.6) is 0 Å². The van der Waals surface area contributed by atoms with Crippen molar-refractivity contribution in [3.63, 3.8) is 0 Å². The lowest BCUT2D eigenvalue weighted by Crippen LogP contribution is -2.57. The van der Waals surface area contributed by atoms with Crippen LogP contribution >= 0.6 is 15.9 Å². The highest BCUT2D eigenvalue weighted by atomic mass is 79.9. The number of carboxylic acids is 1. The van der Waals surface area contributed by atoms with Gasteiger partial charge in [0.2, 0.25) is 5.91 Å². The summed E-state index contributed by atoms with van der Waals surface area (Å²) in [5.74, 6) is -1.08. The molecule has 1 fully saturated rings. The van der Waals surface area contributed by atoms with Crippen LogP contribution < -0.4 is 10.2 Å². The lowest BCUT2D eigenvalue weighted by Gasteiger charge is -2.32. The summed E-state index contributed by atoms with van der Waals surface area (Å²) in [7, 11) is 0. The molecule has 1 aliphatic heterocycles. The average molecular weight is 299 g/mol. The molecule has 1 heterocycles. The second-order valence-electron chi connectivity index (χ2n) is 3.73. The number of benzene rings is 1. The van der Waals surface area contributed by atoms with Gasteiger partial charge in [-0.2, -0.15) is 0 Å². The van der Waals surface area contributed by atoms with Gasteiger partial charge in [0.15, 0.2) is 0 Å². The molecule has 2 N–H and O–H groups in total. The van der Waals surface area contributed by atoms with Gasteiger partial charge in [-0.25, -0.2) is 0 Å². The molecule has 0 radical (unpaired) electrons. The summed E-state index contributed by atoms with van der Waals surface area (Å²) in [5.41, 5.74) is 0.699. The molecule has 2 rings (SSSR count). The molecule has 1 aromatic rings. The van der Waals surface area contributed by atoms with Crippen LogP contribution in [0.2, 0.25) is 0 Å². The van der Waals surface area contributed by atoms with Crippen LogP contribution in [-0.2, 0) is 9.59 Å². The number of rotatable bonds is 2. The zero-order valence-corrected chi connectivity index (χ0v) is 10.5. The minimum Gasteiger partial charge on any atom is -0.480 e. The quantitative estimate of drug-likeness (QED) is 0.849. The number of hydrogen-bond donors (Lipinski definition) is 2. The third-order valence-corrected chi connectivity index (χ3v) is 3.28. The monoisotopic (exact) mass is 298 g/mol. The third-order valence-electron chi connectivity index (χ3n) is 2.61. The fraction of sp³-hybridized carbons (Fsp3) is 0.273. The first-order valence-corrected chi connectivity index (χ1v) is 5.90. The molecule has 6 heteroatoms. The molecule has 1 amide bonds. The van der Waals surface area contributed by atoms with E-state index < -0.39 is 12.0 Å². The second-order valence-corrected chi connectivity index (χ2v) is 4.58. The first-order valence-electron chi connectivity index (χ1n) is 5.10. The highest BCUT2D eigenvalue weighted by Crippen LogP contribution is 2.26. The number of carboxylic acid groups (broad SMARTS) is 1. The number of para-hydroxylation sites is 1. The van der Waals surface area contributed by atoms with E-state index in [4.69, 9.17) is 5.11 Å². The molecule has 1 aliphatic rings. The zero-order chi connectivity index (χ0) is 12.4. The van der Waals surface area contributed by atoms with E-state index >= 15 is 0 Å². The smallest absolute Gasteiger partial charge is 0.322 e. The number of piperazine rings is 1. The van der Waals surface area contributed by atoms with Crippen molar-refractivity contribution in [3.05, 3.63) is 28.7 Å². The van der Waals surface area contributed by atoms with E-state index in [0.717, 1.165) is 4.47 Å². The van der Waals surface area contributed by atoms with Gasteiger partial charge < -0.3 is 10.0 Å². The van der Waals surface area contributed by atoms with Crippen LogP contribution in [0.15, 0.2) is 28.7 Å². The summed E-state index contributed by atoms with van der Waals surface area (Å²) in [6.07, 6.45) is 0. The van der Waals surface area contributed by atoms with E-state index in [1.807, 2.05) is 18.2 Å². The van der Waals surface area contributed by atoms with Gasteiger partial charge >= 0.3 is 5.97 Å². The van der Waals surface area contributed by atoms with Crippen molar-refractivity contribution in [2.24, 2.45) is 0 Å². The van der Waals surface area contributed by atoms with E-state index in [1.165, 1.54) is 4.90 Å². The Labute approximate surface area is 107 Å². The summed E-state index contributed by atoms with van der Waals surface area (Å²) >= 11 is 3.35. The Hall–Kier alpha value is -1.40. The summed E-state index contributed by atoms with van der Waals surface area (Å²) in [6, 6.07) is 6.53. The molecule has 1 aromatic carbocycles. The molecule has 1 unspecified atom stereocenters. The second kappa shape index (κ2) is 4.85. The van der Waals surface area contributed by atoms with Gasteiger partial charge in [0, 0.05) is 4.47 Å². The largest absolute Gasteiger partial charge is 0.480 e. The van der Waals surface area contributed by atoms with Gasteiger partial charge in [-0.15, -0.1) is 0 Å². The van der Waals surface area contributed by atoms with Crippen LogP contribution in [0, 0.1) is 0 Å². The summed E-state index contributed by atoms with van der Waals surface area (Å²) in [6.45, 7) is 0.176. The van der Waals surface area contributed by atoms with Crippen molar-refractivity contribution < 1.29 is 14.7 Å². The van der Waals surface area contributed by atoms with Crippen molar-refractivity contribution in [1.82, 2.24) is 5.32 Å². The fourth-order valence-corrected chi connectivity index (χ4v) is 2.22. The Morgan fingerprint density at radius 2 is 2.18 bits per heavy atom. The zero-order valence-electron chi connectivity index (χ0n) is 8.89. The molecule has 5 nitrogen and oxygen atoms in total. The molecule has 90 valence electrons. The Kier molecular flexibility index (Phi) is 3.44. The molecule has 0 aromatic heterocycles. The minimum atomic E-state index is -0.949. The van der Waals surface area contributed by atoms with Crippen molar-refractivity contribution in [2.75, 3.05) is 18.0 Å². The summed E-state index contributed by atoms with van der Waals surface area (Å²) in [4.78, 5) is 24.2. The predicted octanol–water partition coefficient (Wildman–Crippen LogP) is 0.839. The van der Waals surface area contributed by atoms with E-state index in [9.17, 15) is 9.59 Å². The van der Waals surface area contributed by atoms with Gasteiger partial charge in [-0.1, -0.05) is 12.1 Å². The number of nitrogens with zero attached hydrogens (tertiary/aromatic N) is 1. The van der Waals surface area contributed by atoms with E-state index in [2.05, 4.69) is 21.2 Å². The normalized spacial score (nSPS) is 20.4. The molecule has 1 atom stereocenters. The highest BCUT2D eigenvalue weighted by molar-refractivity contribution is 9.10. The molecule has 0 saturated carbocycles. The lowest BCUT2D eigenvalue weighted by atomic mass is 10.2. The molecule has 17 heavy (non-hydrogen) atoms. The van der Waals surface area contributed by atoms with Crippen molar-refractivity contribution in [1.29, 1.82) is 0 Å². The number of amides is 1. The third kappa shape index (κ3) is 2.48. The van der Waals surface area contributed by atoms with Crippen molar-refractivity contribution in [2.45, 2.75) is 6.04 Å². The lowest BCUT2D eigenvalue weighted by molar-refractivity contribution is -0.139. The number of hydrogen-bond acceptors (Lipinski definition) is 3. The number of halogens is 1. The highest BCUT2D eigenvalue weighted by Gasteiger charge is 2.31. The Morgan fingerprint density at radius 3 is 2.82 bits per heavy atom. The summed E-state index contributed by atoms with van der Waals surface area (Å²) < 4.78 is 0.777. The van der Waals surface area contributed by atoms with Crippen LogP contribution in [0.25, 0.3) is 0 Å². The molecular formula is C11H11BrN2O3. The number of carbonyl (C=O) groups excluding carboxylic acids is 1. The number of aliphatic carboxylic acids is 1. The Balaban J connectivity index is 2.27. The SMILES string of the molecule is O=C(O)C1CN(c2ccccc2Br)C(=O)CN1. The molecule has 0 spiro atoms. The summed E-state index contributed by atoms with van der Waals surface area (Å²) in [5, 5.41) is 11.6. The predicted molar refractivity (Wildman–Crippen MR) is 65.9 cm³/mol. The topological polar surface area (TPSA) is 69.6 Å². The van der Waals surface area contributed by atoms with Crippen LogP contribution in [0.3, 0.4) is 0 Å². The standard InChI is InChI=1S/C11H11BrN2O3/c12-7-3-1-2-4-9(7)14-6-8(11(16)17)13-5-10(14)15/h1-4,8,13H,5-6H2,(H,16,17). The maximum absolute atomic E-state index is 11.8. The minimum absolute atomic E-state index is 0.0400. The Morgan fingerprint density at radius 1 is 1.47 bits per heavy atom. The van der Waals surface area contributed by atoms with Crippen LogP contribution in [0.1, 0.15) is 0 Å². The fourth-order valence-electron chi connectivity index (χ4n) is 1.72. The van der Waals surface area contributed by atoms with E-state index in [0.29, 0.717) is 5.69 Å².